The van der Waals surface area contributed by atoms with Crippen LogP contribution in [0.5, 0.6) is 0 Å². The SMILES string of the molecule is CN(C)[C@@H](CNc1ccc2nnc(C(F)(F)F)n2n1)c1ccco1. The average molecular weight is 340 g/mol. The zero-order valence-electron chi connectivity index (χ0n) is 12.9. The van der Waals surface area contributed by atoms with Crippen molar-refractivity contribution in [3.8, 4) is 0 Å². The summed E-state index contributed by atoms with van der Waals surface area (Å²) in [6.45, 7) is 0.405. The van der Waals surface area contributed by atoms with Gasteiger partial charge in [-0.15, -0.1) is 15.3 Å². The lowest BCUT2D eigenvalue weighted by Gasteiger charge is -2.22. The summed E-state index contributed by atoms with van der Waals surface area (Å²) in [7, 11) is 3.76. The molecule has 24 heavy (non-hydrogen) atoms. The van der Waals surface area contributed by atoms with Crippen molar-refractivity contribution in [2.45, 2.75) is 12.2 Å². The second-order valence-electron chi connectivity index (χ2n) is 5.39. The number of furan rings is 1. The number of hydrogen-bond acceptors (Lipinski definition) is 6. The first-order chi connectivity index (χ1) is 11.4. The molecule has 10 heteroatoms. The molecule has 0 aliphatic heterocycles. The molecule has 0 saturated carbocycles. The van der Waals surface area contributed by atoms with Crippen LogP contribution < -0.4 is 5.32 Å². The number of alkyl halides is 3. The fourth-order valence-electron chi connectivity index (χ4n) is 2.28. The van der Waals surface area contributed by atoms with E-state index < -0.39 is 12.0 Å². The quantitative estimate of drug-likeness (QED) is 0.769. The fourth-order valence-corrected chi connectivity index (χ4v) is 2.28. The first kappa shape index (κ1) is 16.2. The number of rotatable bonds is 5. The molecule has 3 aromatic heterocycles. The second-order valence-corrected chi connectivity index (χ2v) is 5.39. The van der Waals surface area contributed by atoms with Crippen LogP contribution in [0.4, 0.5) is 19.0 Å². The Bertz CT molecular complexity index is 812. The van der Waals surface area contributed by atoms with E-state index in [0.29, 0.717) is 11.1 Å². The van der Waals surface area contributed by atoms with E-state index in [2.05, 4.69) is 20.6 Å². The van der Waals surface area contributed by atoms with Crippen LogP contribution in [0.1, 0.15) is 17.6 Å². The van der Waals surface area contributed by atoms with Crippen LogP contribution in [0.15, 0.2) is 34.9 Å². The zero-order chi connectivity index (χ0) is 17.3. The second kappa shape index (κ2) is 6.11. The normalized spacial score (nSPS) is 13.6. The van der Waals surface area contributed by atoms with Crippen molar-refractivity contribution < 1.29 is 17.6 Å². The number of nitrogens with zero attached hydrogens (tertiary/aromatic N) is 5. The van der Waals surface area contributed by atoms with E-state index in [-0.39, 0.29) is 17.5 Å². The highest BCUT2D eigenvalue weighted by atomic mass is 19.4. The minimum Gasteiger partial charge on any atom is -0.468 e. The minimum absolute atomic E-state index is 0.0306. The summed E-state index contributed by atoms with van der Waals surface area (Å²) in [6.07, 6.45) is -3.05. The Hall–Kier alpha value is -2.62. The lowest BCUT2D eigenvalue weighted by molar-refractivity contribution is -0.146. The first-order valence-corrected chi connectivity index (χ1v) is 7.09. The van der Waals surface area contributed by atoms with E-state index in [4.69, 9.17) is 4.42 Å². The van der Waals surface area contributed by atoms with Crippen molar-refractivity contribution in [3.05, 3.63) is 42.1 Å². The number of hydrogen-bond donors (Lipinski definition) is 1. The standard InChI is InChI=1S/C14H15F3N6O/c1-22(2)9(10-4-3-7-24-10)8-18-11-5-6-12-19-20-13(14(15,16)17)23(12)21-11/h3-7,9H,8H2,1-2H3,(H,18,21)/t9-/m0/s1. The van der Waals surface area contributed by atoms with Gasteiger partial charge in [0.05, 0.1) is 12.3 Å². The molecule has 3 aromatic rings. The van der Waals surface area contributed by atoms with Crippen molar-refractivity contribution in [1.29, 1.82) is 0 Å². The van der Waals surface area contributed by atoms with E-state index in [1.54, 1.807) is 18.4 Å². The molecular formula is C14H15F3N6O. The number of aromatic nitrogens is 4. The molecule has 0 amide bonds. The molecule has 0 unspecified atom stereocenters. The zero-order valence-corrected chi connectivity index (χ0v) is 12.9. The molecule has 1 atom stereocenters. The monoisotopic (exact) mass is 340 g/mol. The number of halogens is 3. The summed E-state index contributed by atoms with van der Waals surface area (Å²) in [5.41, 5.74) is 0.0306. The Labute approximate surface area is 135 Å². The molecule has 0 bridgehead atoms. The van der Waals surface area contributed by atoms with Crippen LogP contribution in [0.3, 0.4) is 0 Å². The third-order valence-corrected chi connectivity index (χ3v) is 3.49. The van der Waals surface area contributed by atoms with Gasteiger partial charge < -0.3 is 9.73 Å². The van der Waals surface area contributed by atoms with Gasteiger partial charge in [0.15, 0.2) is 5.65 Å². The van der Waals surface area contributed by atoms with E-state index in [1.807, 2.05) is 25.1 Å². The Balaban J connectivity index is 1.82. The van der Waals surface area contributed by atoms with Crippen LogP contribution in [0.2, 0.25) is 0 Å². The Morgan fingerprint density at radius 1 is 1.25 bits per heavy atom. The molecule has 0 aliphatic rings. The van der Waals surface area contributed by atoms with Gasteiger partial charge in [0.1, 0.15) is 11.6 Å². The van der Waals surface area contributed by atoms with E-state index >= 15 is 0 Å². The molecular weight excluding hydrogens is 325 g/mol. The highest BCUT2D eigenvalue weighted by Gasteiger charge is 2.37. The number of likely N-dealkylation sites (N-methyl/N-ethyl adjacent to an activating group) is 1. The molecule has 0 saturated heterocycles. The summed E-state index contributed by atoms with van der Waals surface area (Å²) >= 11 is 0. The van der Waals surface area contributed by atoms with Crippen molar-refractivity contribution in [2.24, 2.45) is 0 Å². The maximum absolute atomic E-state index is 12.9. The molecule has 0 radical (unpaired) electrons. The van der Waals surface area contributed by atoms with Gasteiger partial charge >= 0.3 is 6.18 Å². The number of fused-ring (bicyclic) bond motifs is 1. The minimum atomic E-state index is -4.62. The van der Waals surface area contributed by atoms with Crippen LogP contribution in [-0.4, -0.2) is 45.4 Å². The summed E-state index contributed by atoms with van der Waals surface area (Å²) in [4.78, 5) is 1.93. The number of nitrogens with one attached hydrogen (secondary N) is 1. The van der Waals surface area contributed by atoms with E-state index in [0.717, 1.165) is 5.76 Å². The number of anilines is 1. The fraction of sp³-hybridized carbons (Fsp3) is 0.357. The van der Waals surface area contributed by atoms with Gasteiger partial charge in [-0.25, -0.2) is 0 Å². The van der Waals surface area contributed by atoms with Crippen molar-refractivity contribution in [3.63, 3.8) is 0 Å². The predicted octanol–water partition coefficient (Wildman–Crippen LogP) is 2.45. The summed E-state index contributed by atoms with van der Waals surface area (Å²) in [5.74, 6) is -0.128. The Kier molecular flexibility index (Phi) is 4.14. The summed E-state index contributed by atoms with van der Waals surface area (Å²) in [6, 6.07) is 6.50. The molecule has 0 aromatic carbocycles. The van der Waals surface area contributed by atoms with Gasteiger partial charge in [0.25, 0.3) is 5.82 Å². The molecule has 0 spiro atoms. The molecule has 1 N–H and O–H groups in total. The smallest absolute Gasteiger partial charge is 0.453 e. The predicted molar refractivity (Wildman–Crippen MR) is 79.4 cm³/mol. The molecule has 3 rings (SSSR count). The average Bonchev–Trinajstić information content (AvgIpc) is 3.15. The highest BCUT2D eigenvalue weighted by molar-refractivity contribution is 5.44. The van der Waals surface area contributed by atoms with Crippen molar-refractivity contribution in [1.82, 2.24) is 24.7 Å². The summed E-state index contributed by atoms with van der Waals surface area (Å²) < 4.78 is 44.7. The molecule has 128 valence electrons. The van der Waals surface area contributed by atoms with Gasteiger partial charge in [0.2, 0.25) is 0 Å². The van der Waals surface area contributed by atoms with Gasteiger partial charge in [-0.1, -0.05) is 0 Å². The van der Waals surface area contributed by atoms with Crippen LogP contribution in [-0.2, 0) is 6.18 Å². The van der Waals surface area contributed by atoms with Crippen molar-refractivity contribution >= 4 is 11.5 Å². The first-order valence-electron chi connectivity index (χ1n) is 7.09. The molecule has 3 heterocycles. The third-order valence-electron chi connectivity index (χ3n) is 3.49. The topological polar surface area (TPSA) is 71.5 Å². The van der Waals surface area contributed by atoms with Crippen LogP contribution in [0, 0.1) is 0 Å². The largest absolute Gasteiger partial charge is 0.468 e. The van der Waals surface area contributed by atoms with Crippen molar-refractivity contribution in [2.75, 3.05) is 26.0 Å². The van der Waals surface area contributed by atoms with E-state index in [1.165, 1.54) is 6.07 Å². The Morgan fingerprint density at radius 2 is 2.04 bits per heavy atom. The van der Waals surface area contributed by atoms with Gasteiger partial charge in [-0.3, -0.25) is 4.90 Å². The van der Waals surface area contributed by atoms with Gasteiger partial charge in [0, 0.05) is 6.54 Å². The van der Waals surface area contributed by atoms with Gasteiger partial charge in [-0.2, -0.15) is 17.7 Å². The van der Waals surface area contributed by atoms with E-state index in [9.17, 15) is 13.2 Å². The third kappa shape index (κ3) is 3.18. The Morgan fingerprint density at radius 3 is 2.67 bits per heavy atom. The van der Waals surface area contributed by atoms with Gasteiger partial charge in [-0.05, 0) is 38.4 Å². The maximum atomic E-state index is 12.9. The maximum Gasteiger partial charge on any atom is 0.453 e. The lowest BCUT2D eigenvalue weighted by Crippen LogP contribution is -2.27. The lowest BCUT2D eigenvalue weighted by atomic mass is 10.2. The highest BCUT2D eigenvalue weighted by Crippen LogP contribution is 2.27. The van der Waals surface area contributed by atoms with Crippen LogP contribution >= 0.6 is 0 Å². The molecule has 0 aliphatic carbocycles. The van der Waals surface area contributed by atoms with Crippen LogP contribution in [0.25, 0.3) is 5.65 Å². The molecule has 7 nitrogen and oxygen atoms in total. The molecule has 0 fully saturated rings. The summed E-state index contributed by atoms with van der Waals surface area (Å²) in [5, 5.41) is 13.6.